The Balaban J connectivity index is 1.90. The van der Waals surface area contributed by atoms with E-state index in [9.17, 15) is 4.79 Å². The van der Waals surface area contributed by atoms with E-state index in [4.69, 9.17) is 4.74 Å². The predicted octanol–water partition coefficient (Wildman–Crippen LogP) is 2.83. The number of carbonyl (C=O) groups excluding carboxylic acids is 1. The Hall–Kier alpha value is -1.06. The van der Waals surface area contributed by atoms with Gasteiger partial charge in [0.05, 0.1) is 19.5 Å². The Morgan fingerprint density at radius 1 is 1.31 bits per heavy atom. The minimum absolute atomic E-state index is 0.255. The maximum absolute atomic E-state index is 11.4. The molecule has 92 valence electrons. The van der Waals surface area contributed by atoms with Gasteiger partial charge in [-0.3, -0.25) is 9.89 Å². The first-order chi connectivity index (χ1) is 7.84. The lowest BCUT2D eigenvalue weighted by Crippen LogP contribution is -2.28. The zero-order chi connectivity index (χ0) is 11.6. The van der Waals surface area contributed by atoms with E-state index < -0.39 is 0 Å². The average Bonchev–Trinajstić information content (AvgIpc) is 2.81. The highest BCUT2D eigenvalue weighted by Gasteiger charge is 2.15. The molecule has 0 aromatic heterocycles. The summed E-state index contributed by atoms with van der Waals surface area (Å²) < 4.78 is 5.13. The molecule has 0 bridgehead atoms. The highest BCUT2D eigenvalue weighted by molar-refractivity contribution is 5.83. The maximum Gasteiger partial charge on any atom is 0.415 e. The molecule has 0 fully saturated rings. The average molecular weight is 226 g/mol. The van der Waals surface area contributed by atoms with Crippen LogP contribution in [0.5, 0.6) is 0 Å². The lowest BCUT2D eigenvalue weighted by atomic mass is 10.1. The van der Waals surface area contributed by atoms with Crippen molar-refractivity contribution in [2.24, 2.45) is 4.99 Å². The third-order valence-corrected chi connectivity index (χ3v) is 2.65. The Bertz CT molecular complexity index is 229. The van der Waals surface area contributed by atoms with E-state index in [1.54, 1.807) is 6.34 Å². The summed E-state index contributed by atoms with van der Waals surface area (Å²) in [5, 5.41) is 0. The topological polar surface area (TPSA) is 41.9 Å². The van der Waals surface area contributed by atoms with Gasteiger partial charge in [0.25, 0.3) is 0 Å². The molecule has 0 spiro atoms. The summed E-state index contributed by atoms with van der Waals surface area (Å²) in [6.07, 6.45) is 8.55. The second-order valence-electron chi connectivity index (χ2n) is 4.10. The molecule has 0 aromatic carbocycles. The maximum atomic E-state index is 11.4. The Morgan fingerprint density at radius 2 is 2.06 bits per heavy atom. The fourth-order valence-corrected chi connectivity index (χ4v) is 1.64. The van der Waals surface area contributed by atoms with E-state index in [-0.39, 0.29) is 6.09 Å². The fourth-order valence-electron chi connectivity index (χ4n) is 1.64. The summed E-state index contributed by atoms with van der Waals surface area (Å²) in [5.41, 5.74) is 0. The zero-order valence-electron chi connectivity index (χ0n) is 10.2. The van der Waals surface area contributed by atoms with Crippen molar-refractivity contribution in [1.29, 1.82) is 0 Å². The van der Waals surface area contributed by atoms with Crippen LogP contribution in [-0.2, 0) is 4.74 Å². The molecule has 0 aromatic rings. The molecule has 1 aliphatic rings. The minimum atomic E-state index is -0.255. The monoisotopic (exact) mass is 226 g/mol. The number of carbonyl (C=O) groups is 1. The van der Waals surface area contributed by atoms with Crippen molar-refractivity contribution in [2.45, 2.75) is 45.4 Å². The van der Waals surface area contributed by atoms with Gasteiger partial charge in [0.15, 0.2) is 0 Å². The summed E-state index contributed by atoms with van der Waals surface area (Å²) in [5.74, 6) is 0. The van der Waals surface area contributed by atoms with Crippen molar-refractivity contribution in [3.05, 3.63) is 0 Å². The second-order valence-corrected chi connectivity index (χ2v) is 4.10. The number of nitrogens with zero attached hydrogens (tertiary/aromatic N) is 2. The molecule has 0 radical (unpaired) electrons. The van der Waals surface area contributed by atoms with Gasteiger partial charge in [-0.2, -0.15) is 0 Å². The second kappa shape index (κ2) is 8.13. The highest BCUT2D eigenvalue weighted by atomic mass is 16.6. The fraction of sp³-hybridized carbons (Fsp3) is 0.833. The van der Waals surface area contributed by atoms with Gasteiger partial charge in [0.2, 0.25) is 0 Å². The van der Waals surface area contributed by atoms with Crippen molar-refractivity contribution in [1.82, 2.24) is 4.90 Å². The molecule has 4 nitrogen and oxygen atoms in total. The Labute approximate surface area is 97.7 Å². The molecule has 0 saturated heterocycles. The zero-order valence-corrected chi connectivity index (χ0v) is 10.2. The third kappa shape index (κ3) is 5.14. The van der Waals surface area contributed by atoms with Gasteiger partial charge in [-0.05, 0) is 6.42 Å². The van der Waals surface area contributed by atoms with Gasteiger partial charge in [-0.15, -0.1) is 0 Å². The lowest BCUT2D eigenvalue weighted by molar-refractivity contribution is 0.124. The van der Waals surface area contributed by atoms with E-state index in [2.05, 4.69) is 11.9 Å². The number of unbranched alkanes of at least 4 members (excludes halogenated alkanes) is 5. The van der Waals surface area contributed by atoms with Crippen LogP contribution in [0.25, 0.3) is 0 Å². The summed E-state index contributed by atoms with van der Waals surface area (Å²) in [6.45, 7) is 4.11. The normalized spacial score (nSPS) is 14.4. The molecule has 4 heteroatoms. The molecular formula is C12H22N2O2. The van der Waals surface area contributed by atoms with E-state index in [1.165, 1.54) is 30.6 Å². The highest BCUT2D eigenvalue weighted by Crippen LogP contribution is 2.05. The summed E-state index contributed by atoms with van der Waals surface area (Å²) in [4.78, 5) is 16.9. The van der Waals surface area contributed by atoms with Gasteiger partial charge in [0.1, 0.15) is 0 Å². The smallest absolute Gasteiger partial charge is 0.415 e. The molecule has 1 rings (SSSR count). The van der Waals surface area contributed by atoms with Crippen LogP contribution in [0.15, 0.2) is 4.99 Å². The number of amides is 1. The Kier molecular flexibility index (Phi) is 6.61. The van der Waals surface area contributed by atoms with Crippen molar-refractivity contribution in [2.75, 3.05) is 19.7 Å². The summed E-state index contributed by atoms with van der Waals surface area (Å²) in [7, 11) is 0. The number of ether oxygens (including phenoxy) is 1. The van der Waals surface area contributed by atoms with Crippen molar-refractivity contribution >= 4 is 12.4 Å². The van der Waals surface area contributed by atoms with Crippen LogP contribution in [0.2, 0.25) is 0 Å². The lowest BCUT2D eigenvalue weighted by Gasteiger charge is -2.11. The molecule has 1 aliphatic heterocycles. The first-order valence-corrected chi connectivity index (χ1v) is 6.28. The van der Waals surface area contributed by atoms with Crippen LogP contribution < -0.4 is 0 Å². The van der Waals surface area contributed by atoms with E-state index in [1.807, 2.05) is 0 Å². The number of aliphatic imine (C=N–C) groups is 1. The summed E-state index contributed by atoms with van der Waals surface area (Å²) >= 11 is 0. The van der Waals surface area contributed by atoms with Crippen LogP contribution in [0, 0.1) is 0 Å². The quantitative estimate of drug-likeness (QED) is 0.626. The SMILES string of the molecule is CCCCCCCCOC(=O)N1C=NCC1. The van der Waals surface area contributed by atoms with Crippen LogP contribution in [0.3, 0.4) is 0 Å². The van der Waals surface area contributed by atoms with Crippen LogP contribution in [-0.4, -0.2) is 37.0 Å². The van der Waals surface area contributed by atoms with E-state index in [0.717, 1.165) is 12.8 Å². The van der Waals surface area contributed by atoms with Crippen LogP contribution >= 0.6 is 0 Å². The van der Waals surface area contributed by atoms with Crippen LogP contribution in [0.4, 0.5) is 4.79 Å². The van der Waals surface area contributed by atoms with Crippen molar-refractivity contribution in [3.63, 3.8) is 0 Å². The number of hydrogen-bond acceptors (Lipinski definition) is 3. The van der Waals surface area contributed by atoms with Crippen molar-refractivity contribution < 1.29 is 9.53 Å². The molecule has 0 atom stereocenters. The predicted molar refractivity (Wildman–Crippen MR) is 64.8 cm³/mol. The summed E-state index contributed by atoms with van der Waals surface area (Å²) in [6, 6.07) is 0. The van der Waals surface area contributed by atoms with Gasteiger partial charge in [-0.1, -0.05) is 39.0 Å². The molecular weight excluding hydrogens is 204 g/mol. The standard InChI is InChI=1S/C12H22N2O2/c1-2-3-4-5-6-7-10-16-12(15)14-9-8-13-11-14/h11H,2-10H2,1H3. The first-order valence-electron chi connectivity index (χ1n) is 6.28. The molecule has 0 N–H and O–H groups in total. The number of hydrogen-bond donors (Lipinski definition) is 0. The number of rotatable bonds is 7. The molecule has 0 aliphatic carbocycles. The molecule has 0 unspecified atom stereocenters. The van der Waals surface area contributed by atoms with Gasteiger partial charge < -0.3 is 4.74 Å². The van der Waals surface area contributed by atoms with Crippen LogP contribution in [0.1, 0.15) is 45.4 Å². The van der Waals surface area contributed by atoms with Crippen molar-refractivity contribution in [3.8, 4) is 0 Å². The molecule has 0 saturated carbocycles. The van der Waals surface area contributed by atoms with Gasteiger partial charge >= 0.3 is 6.09 Å². The minimum Gasteiger partial charge on any atom is -0.449 e. The molecule has 16 heavy (non-hydrogen) atoms. The van der Waals surface area contributed by atoms with Gasteiger partial charge in [-0.25, -0.2) is 4.79 Å². The van der Waals surface area contributed by atoms with E-state index >= 15 is 0 Å². The molecule has 1 amide bonds. The third-order valence-electron chi connectivity index (χ3n) is 2.65. The van der Waals surface area contributed by atoms with Gasteiger partial charge in [0, 0.05) is 6.54 Å². The Morgan fingerprint density at radius 3 is 2.75 bits per heavy atom. The van der Waals surface area contributed by atoms with E-state index in [0.29, 0.717) is 19.7 Å². The largest absolute Gasteiger partial charge is 0.449 e. The molecule has 1 heterocycles. The first kappa shape index (κ1) is 13.0.